The van der Waals surface area contributed by atoms with Gasteiger partial charge in [0.05, 0.1) is 25.3 Å². The van der Waals surface area contributed by atoms with E-state index in [2.05, 4.69) is 5.32 Å². The summed E-state index contributed by atoms with van der Waals surface area (Å²) in [5.41, 5.74) is 2.36. The smallest absolute Gasteiger partial charge is 0.337 e. The quantitative estimate of drug-likeness (QED) is 0.602. The highest BCUT2D eigenvalue weighted by Gasteiger charge is 2.35. The standard InChI is InChI=1S/C21H21FN2O3S/c1-4-27-17-10-8-16(9-11-17)24-13(2)18(20(25)26-3)19(23-21(24)28)14-6-5-7-15(22)12-14/h5-12,19H,4H2,1-3H3,(H,23,28)/t19-/m0/s1. The van der Waals surface area contributed by atoms with Gasteiger partial charge in [-0.2, -0.15) is 0 Å². The van der Waals surface area contributed by atoms with Gasteiger partial charge in [-0.15, -0.1) is 0 Å². The van der Waals surface area contributed by atoms with E-state index >= 15 is 0 Å². The monoisotopic (exact) mass is 400 g/mol. The third kappa shape index (κ3) is 3.84. The van der Waals surface area contributed by atoms with Crippen molar-refractivity contribution in [2.24, 2.45) is 0 Å². The first-order valence-electron chi connectivity index (χ1n) is 8.84. The summed E-state index contributed by atoms with van der Waals surface area (Å²) in [4.78, 5) is 14.3. The molecule has 0 saturated heterocycles. The van der Waals surface area contributed by atoms with E-state index in [1.165, 1.54) is 19.2 Å². The van der Waals surface area contributed by atoms with E-state index in [9.17, 15) is 9.18 Å². The molecule has 0 aromatic heterocycles. The number of methoxy groups -OCH3 is 1. The normalized spacial score (nSPS) is 16.6. The fourth-order valence-corrected chi connectivity index (χ4v) is 3.58. The summed E-state index contributed by atoms with van der Waals surface area (Å²) < 4.78 is 24.2. The van der Waals surface area contributed by atoms with Crippen LogP contribution in [0.15, 0.2) is 59.8 Å². The van der Waals surface area contributed by atoms with Crippen LogP contribution in [0.2, 0.25) is 0 Å². The minimum Gasteiger partial charge on any atom is -0.494 e. The van der Waals surface area contributed by atoms with Gasteiger partial charge < -0.3 is 14.8 Å². The summed E-state index contributed by atoms with van der Waals surface area (Å²) in [6.07, 6.45) is 0. The van der Waals surface area contributed by atoms with Crippen LogP contribution in [0.5, 0.6) is 5.75 Å². The lowest BCUT2D eigenvalue weighted by atomic mass is 9.94. The highest BCUT2D eigenvalue weighted by Crippen LogP contribution is 2.34. The van der Waals surface area contributed by atoms with E-state index in [4.69, 9.17) is 21.7 Å². The van der Waals surface area contributed by atoms with Gasteiger partial charge in [0.25, 0.3) is 0 Å². The van der Waals surface area contributed by atoms with Gasteiger partial charge in [0.2, 0.25) is 0 Å². The Balaban J connectivity index is 2.07. The van der Waals surface area contributed by atoms with Gasteiger partial charge in [-0.3, -0.25) is 4.90 Å². The van der Waals surface area contributed by atoms with Crippen molar-refractivity contribution < 1.29 is 18.7 Å². The predicted molar refractivity (Wildman–Crippen MR) is 110 cm³/mol. The SMILES string of the molecule is CCOc1ccc(N2C(=S)N[C@@H](c3cccc(F)c3)C(C(=O)OC)=C2C)cc1. The number of carbonyl (C=O) groups excluding carboxylic acids is 1. The van der Waals surface area contributed by atoms with Crippen molar-refractivity contribution in [2.45, 2.75) is 19.9 Å². The molecule has 7 heteroatoms. The van der Waals surface area contributed by atoms with Crippen LogP contribution in [0.4, 0.5) is 10.1 Å². The first-order chi connectivity index (χ1) is 13.5. The van der Waals surface area contributed by atoms with E-state index in [0.717, 1.165) is 11.4 Å². The lowest BCUT2D eigenvalue weighted by Crippen LogP contribution is -2.48. The Bertz CT molecular complexity index is 928. The largest absolute Gasteiger partial charge is 0.494 e. The first kappa shape index (κ1) is 19.8. The summed E-state index contributed by atoms with van der Waals surface area (Å²) in [6.45, 7) is 4.28. The molecule has 0 bridgehead atoms. The summed E-state index contributed by atoms with van der Waals surface area (Å²) in [6, 6.07) is 12.9. The number of hydrogen-bond acceptors (Lipinski definition) is 4. The minimum atomic E-state index is -0.602. The van der Waals surface area contributed by atoms with Crippen molar-refractivity contribution in [1.82, 2.24) is 5.32 Å². The molecule has 0 fully saturated rings. The number of esters is 1. The van der Waals surface area contributed by atoms with Crippen LogP contribution < -0.4 is 15.0 Å². The molecule has 0 amide bonds. The van der Waals surface area contributed by atoms with Crippen LogP contribution in [0.3, 0.4) is 0 Å². The zero-order valence-electron chi connectivity index (χ0n) is 15.9. The Labute approximate surface area is 168 Å². The zero-order chi connectivity index (χ0) is 20.3. The molecule has 0 saturated carbocycles. The molecule has 0 radical (unpaired) electrons. The Kier molecular flexibility index (Phi) is 5.94. The van der Waals surface area contributed by atoms with Crippen molar-refractivity contribution in [2.75, 3.05) is 18.6 Å². The van der Waals surface area contributed by atoms with Crippen molar-refractivity contribution in [3.8, 4) is 5.75 Å². The molecule has 1 N–H and O–H groups in total. The van der Waals surface area contributed by atoms with Gasteiger partial charge in [0.15, 0.2) is 5.11 Å². The summed E-state index contributed by atoms with van der Waals surface area (Å²) in [5, 5.41) is 3.55. The molecule has 3 rings (SSSR count). The second-order valence-electron chi connectivity index (χ2n) is 6.19. The van der Waals surface area contributed by atoms with Crippen LogP contribution >= 0.6 is 12.2 Å². The average Bonchev–Trinajstić information content (AvgIpc) is 2.68. The number of carbonyl (C=O) groups is 1. The first-order valence-corrected chi connectivity index (χ1v) is 9.25. The highest BCUT2D eigenvalue weighted by atomic mass is 32.1. The Morgan fingerprint density at radius 1 is 1.25 bits per heavy atom. The third-order valence-corrected chi connectivity index (χ3v) is 4.78. The van der Waals surface area contributed by atoms with Gasteiger partial charge >= 0.3 is 5.97 Å². The third-order valence-electron chi connectivity index (χ3n) is 4.48. The topological polar surface area (TPSA) is 50.8 Å². The predicted octanol–water partition coefficient (Wildman–Crippen LogP) is 4.11. The van der Waals surface area contributed by atoms with Crippen molar-refractivity contribution in [3.63, 3.8) is 0 Å². The summed E-state index contributed by atoms with van der Waals surface area (Å²) in [7, 11) is 1.32. The number of rotatable bonds is 5. The molecule has 1 aliphatic heterocycles. The highest BCUT2D eigenvalue weighted by molar-refractivity contribution is 7.80. The summed E-state index contributed by atoms with van der Waals surface area (Å²) >= 11 is 5.56. The lowest BCUT2D eigenvalue weighted by Gasteiger charge is -2.37. The molecule has 0 aliphatic carbocycles. The number of ether oxygens (including phenoxy) is 2. The molecule has 2 aromatic rings. The molecule has 1 heterocycles. The number of benzene rings is 2. The van der Waals surface area contributed by atoms with Crippen LogP contribution in [0.25, 0.3) is 0 Å². The van der Waals surface area contributed by atoms with Gasteiger partial charge in [-0.25, -0.2) is 9.18 Å². The number of thiocarbonyl (C=S) groups is 1. The van der Waals surface area contributed by atoms with Gasteiger partial charge in [-0.05, 0) is 68.0 Å². The molecular weight excluding hydrogens is 379 g/mol. The number of allylic oxidation sites excluding steroid dienone is 1. The van der Waals surface area contributed by atoms with Crippen LogP contribution in [-0.4, -0.2) is 24.8 Å². The second-order valence-corrected chi connectivity index (χ2v) is 6.58. The molecule has 28 heavy (non-hydrogen) atoms. The molecule has 0 unspecified atom stereocenters. The molecule has 1 atom stereocenters. The van der Waals surface area contributed by atoms with E-state index < -0.39 is 12.0 Å². The molecule has 0 spiro atoms. The molecule has 2 aromatic carbocycles. The van der Waals surface area contributed by atoms with Crippen LogP contribution in [0.1, 0.15) is 25.5 Å². The van der Waals surface area contributed by atoms with Crippen LogP contribution in [0, 0.1) is 5.82 Å². The Morgan fingerprint density at radius 3 is 2.57 bits per heavy atom. The van der Waals surface area contributed by atoms with Crippen LogP contribution in [-0.2, 0) is 9.53 Å². The fraction of sp³-hybridized carbons (Fsp3) is 0.238. The Morgan fingerprint density at radius 2 is 1.96 bits per heavy atom. The number of hydrogen-bond donors (Lipinski definition) is 1. The minimum absolute atomic E-state index is 0.371. The molecule has 1 aliphatic rings. The van der Waals surface area contributed by atoms with Crippen molar-refractivity contribution in [1.29, 1.82) is 0 Å². The molecule has 146 valence electrons. The maximum Gasteiger partial charge on any atom is 0.337 e. The van der Waals surface area contributed by atoms with E-state index in [-0.39, 0.29) is 5.82 Å². The zero-order valence-corrected chi connectivity index (χ0v) is 16.7. The van der Waals surface area contributed by atoms with Gasteiger partial charge in [-0.1, -0.05) is 12.1 Å². The van der Waals surface area contributed by atoms with E-state index in [0.29, 0.717) is 28.6 Å². The number of halogens is 1. The van der Waals surface area contributed by atoms with Gasteiger partial charge in [0.1, 0.15) is 11.6 Å². The second kappa shape index (κ2) is 8.39. The summed E-state index contributed by atoms with van der Waals surface area (Å²) in [5.74, 6) is -0.145. The molecule has 5 nitrogen and oxygen atoms in total. The van der Waals surface area contributed by atoms with E-state index in [1.54, 1.807) is 24.0 Å². The number of nitrogens with one attached hydrogen (secondary N) is 1. The fourth-order valence-electron chi connectivity index (χ4n) is 3.22. The maximum atomic E-state index is 13.8. The Hall–Kier alpha value is -2.93. The molecular formula is C21H21FN2O3S. The van der Waals surface area contributed by atoms with Crippen molar-refractivity contribution >= 4 is 29.0 Å². The van der Waals surface area contributed by atoms with E-state index in [1.807, 2.05) is 31.2 Å². The number of anilines is 1. The number of nitrogens with zero attached hydrogens (tertiary/aromatic N) is 1. The maximum absolute atomic E-state index is 13.8. The van der Waals surface area contributed by atoms with Gasteiger partial charge in [0, 0.05) is 11.4 Å². The van der Waals surface area contributed by atoms with Crippen molar-refractivity contribution in [3.05, 3.63) is 71.2 Å². The average molecular weight is 400 g/mol. The lowest BCUT2D eigenvalue weighted by molar-refractivity contribution is -0.136.